The lowest BCUT2D eigenvalue weighted by molar-refractivity contribution is -0.140. The van der Waals surface area contributed by atoms with Crippen molar-refractivity contribution < 1.29 is 9.53 Å². The number of aromatic nitrogens is 3. The van der Waals surface area contributed by atoms with Crippen LogP contribution in [0.3, 0.4) is 0 Å². The van der Waals surface area contributed by atoms with Gasteiger partial charge in [-0.3, -0.25) is 4.79 Å². The summed E-state index contributed by atoms with van der Waals surface area (Å²) in [5.41, 5.74) is 1.41. The summed E-state index contributed by atoms with van der Waals surface area (Å²) < 4.78 is 6.52. The fourth-order valence-electron chi connectivity index (χ4n) is 1.85. The molecule has 0 radical (unpaired) electrons. The van der Waals surface area contributed by atoms with Crippen molar-refractivity contribution >= 4 is 40.3 Å². The Morgan fingerprint density at radius 1 is 1.53 bits per heavy atom. The number of nitrogens with zero attached hydrogens (tertiary/aromatic N) is 3. The predicted octanol–water partition coefficient (Wildman–Crippen LogP) is 2.43. The Morgan fingerprint density at radius 3 is 3.00 bits per heavy atom. The summed E-state index contributed by atoms with van der Waals surface area (Å²) in [4.78, 5) is 19.9. The van der Waals surface area contributed by atoms with E-state index in [4.69, 9.17) is 23.2 Å². The van der Waals surface area contributed by atoms with Crippen LogP contribution in [0.2, 0.25) is 5.02 Å². The smallest absolute Gasteiger partial charge is 0.307 e. The Bertz CT molecular complexity index is 598. The molecule has 2 heterocycles. The van der Waals surface area contributed by atoms with E-state index >= 15 is 0 Å². The number of methoxy groups -OCH3 is 1. The molecule has 0 aromatic carbocycles. The van der Waals surface area contributed by atoms with E-state index in [-0.39, 0.29) is 12.4 Å². The molecule has 0 atom stereocenters. The summed E-state index contributed by atoms with van der Waals surface area (Å²) in [6, 6.07) is 1.75. The van der Waals surface area contributed by atoms with Gasteiger partial charge in [-0.1, -0.05) is 11.6 Å². The minimum absolute atomic E-state index is 0.265. The summed E-state index contributed by atoms with van der Waals surface area (Å²) in [7, 11) is 1.37. The average Bonchev–Trinajstić information content (AvgIpc) is 2.73. The molecule has 102 valence electrons. The van der Waals surface area contributed by atoms with Gasteiger partial charge in [0.1, 0.15) is 11.3 Å². The molecule has 0 saturated carbocycles. The first-order valence-electron chi connectivity index (χ1n) is 5.79. The Balaban J connectivity index is 2.37. The van der Waals surface area contributed by atoms with Crippen LogP contribution in [-0.4, -0.2) is 33.5 Å². The lowest BCUT2D eigenvalue weighted by atomic mass is 10.4. The third-order valence-electron chi connectivity index (χ3n) is 2.72. The molecule has 0 aliphatic heterocycles. The second-order valence-electron chi connectivity index (χ2n) is 3.94. The number of hydrogen-bond acceptors (Lipinski definition) is 4. The molecule has 0 amide bonds. The average molecular weight is 302 g/mol. The number of ether oxygens (including phenoxy) is 1. The van der Waals surface area contributed by atoms with Crippen molar-refractivity contribution in [2.45, 2.75) is 19.4 Å². The van der Waals surface area contributed by atoms with E-state index < -0.39 is 0 Å². The fourth-order valence-corrected chi connectivity index (χ4v) is 2.17. The van der Waals surface area contributed by atoms with Crippen LogP contribution in [-0.2, 0) is 22.5 Å². The molecule has 0 aliphatic rings. The number of halogens is 2. The quantitative estimate of drug-likeness (QED) is 0.629. The van der Waals surface area contributed by atoms with E-state index in [0.717, 1.165) is 5.82 Å². The fraction of sp³-hybridized carbons (Fsp3) is 0.417. The van der Waals surface area contributed by atoms with E-state index in [1.807, 2.05) is 4.57 Å². The maximum atomic E-state index is 11.2. The topological polar surface area (TPSA) is 57.0 Å². The van der Waals surface area contributed by atoms with Gasteiger partial charge in [0.15, 0.2) is 5.65 Å². The number of imidazole rings is 1. The maximum absolute atomic E-state index is 11.2. The van der Waals surface area contributed by atoms with Crippen LogP contribution in [0.5, 0.6) is 0 Å². The van der Waals surface area contributed by atoms with Crippen LogP contribution in [0, 0.1) is 0 Å². The van der Waals surface area contributed by atoms with Crippen LogP contribution >= 0.6 is 23.2 Å². The van der Waals surface area contributed by atoms with Crippen LogP contribution in [0.15, 0.2) is 12.3 Å². The maximum Gasteiger partial charge on any atom is 0.307 e. The number of pyridine rings is 1. The number of carbonyl (C=O) groups excluding carboxylic acids is 1. The standard InChI is InChI=1S/C12H13Cl2N3O2/c1-19-11(18)3-5-17-10(2-4-13)16-9-6-8(14)7-15-12(9)17/h6-7H,2-5H2,1H3. The Morgan fingerprint density at radius 2 is 2.32 bits per heavy atom. The molecule has 2 aromatic heterocycles. The molecule has 5 nitrogen and oxygen atoms in total. The van der Waals surface area contributed by atoms with Crippen molar-refractivity contribution in [3.8, 4) is 0 Å². The monoisotopic (exact) mass is 301 g/mol. The van der Waals surface area contributed by atoms with Gasteiger partial charge in [0.25, 0.3) is 0 Å². The molecule has 0 saturated heterocycles. The summed E-state index contributed by atoms with van der Waals surface area (Å²) in [5, 5.41) is 0.530. The van der Waals surface area contributed by atoms with Crippen molar-refractivity contribution in [1.82, 2.24) is 14.5 Å². The molecule has 0 N–H and O–H groups in total. The minimum atomic E-state index is -0.271. The number of fused-ring (bicyclic) bond motifs is 1. The summed E-state index contributed by atoms with van der Waals surface area (Å²) in [6.07, 6.45) is 2.43. The number of aryl methyl sites for hydroxylation is 2. The highest BCUT2D eigenvalue weighted by Crippen LogP contribution is 2.19. The van der Waals surface area contributed by atoms with Gasteiger partial charge in [-0.2, -0.15) is 0 Å². The van der Waals surface area contributed by atoms with Crippen LogP contribution in [0.25, 0.3) is 11.2 Å². The zero-order chi connectivity index (χ0) is 13.8. The van der Waals surface area contributed by atoms with Gasteiger partial charge >= 0.3 is 5.97 Å². The summed E-state index contributed by atoms with van der Waals surface area (Å²) in [6.45, 7) is 0.462. The second-order valence-corrected chi connectivity index (χ2v) is 4.76. The molecular weight excluding hydrogens is 289 g/mol. The van der Waals surface area contributed by atoms with E-state index in [2.05, 4.69) is 14.7 Å². The van der Waals surface area contributed by atoms with Gasteiger partial charge in [0, 0.05) is 25.0 Å². The first kappa shape index (κ1) is 14.1. The lowest BCUT2D eigenvalue weighted by Crippen LogP contribution is -2.10. The number of hydrogen-bond donors (Lipinski definition) is 0. The SMILES string of the molecule is COC(=O)CCn1c(CCCl)nc2cc(Cl)cnc21. The molecule has 0 aliphatic carbocycles. The molecule has 0 fully saturated rings. The zero-order valence-electron chi connectivity index (χ0n) is 10.4. The number of carbonyl (C=O) groups is 1. The highest BCUT2D eigenvalue weighted by molar-refractivity contribution is 6.31. The highest BCUT2D eigenvalue weighted by atomic mass is 35.5. The van der Waals surface area contributed by atoms with E-state index in [9.17, 15) is 4.79 Å². The number of rotatable bonds is 5. The van der Waals surface area contributed by atoms with Crippen molar-refractivity contribution in [3.63, 3.8) is 0 Å². The van der Waals surface area contributed by atoms with Crippen molar-refractivity contribution in [3.05, 3.63) is 23.1 Å². The van der Waals surface area contributed by atoms with Gasteiger partial charge in [-0.25, -0.2) is 9.97 Å². The predicted molar refractivity (Wildman–Crippen MR) is 73.6 cm³/mol. The highest BCUT2D eigenvalue weighted by Gasteiger charge is 2.13. The van der Waals surface area contributed by atoms with Crippen LogP contribution < -0.4 is 0 Å². The second kappa shape index (κ2) is 6.21. The molecule has 19 heavy (non-hydrogen) atoms. The molecule has 0 spiro atoms. The van der Waals surface area contributed by atoms with Crippen LogP contribution in [0.1, 0.15) is 12.2 Å². The van der Waals surface area contributed by atoms with Crippen molar-refractivity contribution in [2.24, 2.45) is 0 Å². The van der Waals surface area contributed by atoms with Crippen LogP contribution in [0.4, 0.5) is 0 Å². The minimum Gasteiger partial charge on any atom is -0.469 e. The summed E-state index contributed by atoms with van der Waals surface area (Å²) in [5.74, 6) is 0.978. The van der Waals surface area contributed by atoms with E-state index in [1.165, 1.54) is 7.11 Å². The lowest BCUT2D eigenvalue weighted by Gasteiger charge is -2.06. The van der Waals surface area contributed by atoms with Gasteiger partial charge < -0.3 is 9.30 Å². The van der Waals surface area contributed by atoms with Gasteiger partial charge in [-0.15, -0.1) is 11.6 Å². The third-order valence-corrected chi connectivity index (χ3v) is 3.11. The normalized spacial score (nSPS) is 10.9. The van der Waals surface area contributed by atoms with Crippen molar-refractivity contribution in [1.29, 1.82) is 0 Å². The third kappa shape index (κ3) is 3.16. The Hall–Kier alpha value is -1.33. The summed E-state index contributed by atoms with van der Waals surface area (Å²) >= 11 is 11.7. The molecule has 2 rings (SSSR count). The molecule has 2 aromatic rings. The van der Waals surface area contributed by atoms with E-state index in [0.29, 0.717) is 35.0 Å². The largest absolute Gasteiger partial charge is 0.469 e. The molecule has 0 unspecified atom stereocenters. The Labute approximate surface area is 120 Å². The first-order chi connectivity index (χ1) is 9.15. The van der Waals surface area contributed by atoms with Crippen molar-refractivity contribution in [2.75, 3.05) is 13.0 Å². The molecular formula is C12H13Cl2N3O2. The first-order valence-corrected chi connectivity index (χ1v) is 6.70. The van der Waals surface area contributed by atoms with Gasteiger partial charge in [0.05, 0.1) is 18.6 Å². The number of alkyl halides is 1. The van der Waals surface area contributed by atoms with Gasteiger partial charge in [0.2, 0.25) is 0 Å². The Kier molecular flexibility index (Phi) is 4.61. The van der Waals surface area contributed by atoms with E-state index in [1.54, 1.807) is 12.3 Å². The zero-order valence-corrected chi connectivity index (χ0v) is 11.9. The van der Waals surface area contributed by atoms with Gasteiger partial charge in [-0.05, 0) is 6.07 Å². The number of esters is 1. The molecule has 0 bridgehead atoms. The molecule has 7 heteroatoms.